The second-order valence-electron chi connectivity index (χ2n) is 7.90. The van der Waals surface area contributed by atoms with Crippen LogP contribution in [0.1, 0.15) is 25.7 Å². The highest BCUT2D eigenvalue weighted by atomic mass is 32.2. The minimum absolute atomic E-state index is 0.0175. The summed E-state index contributed by atoms with van der Waals surface area (Å²) in [6, 6.07) is 5.02. The molecule has 2 saturated heterocycles. The Morgan fingerprint density at radius 3 is 2.55 bits per heavy atom. The van der Waals surface area contributed by atoms with E-state index in [2.05, 4.69) is 10.2 Å². The predicted octanol–water partition coefficient (Wildman–Crippen LogP) is 1.67. The molecule has 29 heavy (non-hydrogen) atoms. The molecule has 1 saturated carbocycles. The van der Waals surface area contributed by atoms with Gasteiger partial charge in [0.15, 0.2) is 0 Å². The Morgan fingerprint density at radius 2 is 1.86 bits per heavy atom. The first-order chi connectivity index (χ1) is 14.0. The summed E-state index contributed by atoms with van der Waals surface area (Å²) in [6.07, 6.45) is 4.52. The summed E-state index contributed by atoms with van der Waals surface area (Å²) in [5.74, 6) is 0.331. The van der Waals surface area contributed by atoms with Gasteiger partial charge < -0.3 is 19.7 Å². The topological polar surface area (TPSA) is 88.2 Å². The van der Waals surface area contributed by atoms with Crippen molar-refractivity contribution >= 4 is 27.3 Å². The maximum absolute atomic E-state index is 13.0. The number of hydrogen-bond donors (Lipinski definition) is 1. The van der Waals surface area contributed by atoms with E-state index >= 15 is 0 Å². The van der Waals surface area contributed by atoms with E-state index in [1.807, 2.05) is 0 Å². The molecule has 1 aromatic rings. The molecule has 160 valence electrons. The largest absolute Gasteiger partial charge is 0.379 e. The van der Waals surface area contributed by atoms with E-state index in [-0.39, 0.29) is 17.4 Å². The van der Waals surface area contributed by atoms with Crippen LogP contribution in [0.5, 0.6) is 0 Å². The maximum Gasteiger partial charge on any atom is 0.250 e. The molecule has 8 nitrogen and oxygen atoms in total. The quantitative estimate of drug-likeness (QED) is 0.684. The molecule has 1 N–H and O–H groups in total. The van der Waals surface area contributed by atoms with Crippen LogP contribution in [-0.2, 0) is 24.3 Å². The molecule has 0 radical (unpaired) electrons. The molecule has 0 atom stereocenters. The summed E-state index contributed by atoms with van der Waals surface area (Å²) >= 11 is 0. The zero-order valence-corrected chi connectivity index (χ0v) is 17.5. The Bertz CT molecular complexity index is 829. The van der Waals surface area contributed by atoms with Gasteiger partial charge in [-0.05, 0) is 49.8 Å². The summed E-state index contributed by atoms with van der Waals surface area (Å²) in [6.45, 7) is 3.86. The van der Waals surface area contributed by atoms with Gasteiger partial charge in [-0.15, -0.1) is 0 Å². The highest BCUT2D eigenvalue weighted by Gasteiger charge is 2.28. The Morgan fingerprint density at radius 1 is 1.14 bits per heavy atom. The third-order valence-electron chi connectivity index (χ3n) is 5.58. The summed E-state index contributed by atoms with van der Waals surface area (Å²) < 4.78 is 38.3. The lowest BCUT2D eigenvalue weighted by molar-refractivity contribution is -0.120. The fourth-order valence-electron chi connectivity index (χ4n) is 3.73. The van der Waals surface area contributed by atoms with E-state index in [9.17, 15) is 13.2 Å². The average molecular weight is 424 g/mol. The average Bonchev–Trinajstić information content (AvgIpc) is 3.39. The lowest BCUT2D eigenvalue weighted by Gasteiger charge is -2.27. The number of benzene rings is 1. The smallest absolute Gasteiger partial charge is 0.250 e. The van der Waals surface area contributed by atoms with E-state index in [0.29, 0.717) is 44.5 Å². The highest BCUT2D eigenvalue weighted by Crippen LogP contribution is 2.33. The van der Waals surface area contributed by atoms with Crippen molar-refractivity contribution in [2.24, 2.45) is 5.92 Å². The zero-order chi connectivity index (χ0) is 20.3. The first-order valence-electron chi connectivity index (χ1n) is 10.4. The summed E-state index contributed by atoms with van der Waals surface area (Å²) in [7, 11) is -3.63. The molecular formula is C20H29N3O5S. The van der Waals surface area contributed by atoms with Crippen LogP contribution in [0.2, 0.25) is 0 Å². The van der Waals surface area contributed by atoms with Gasteiger partial charge in [-0.25, -0.2) is 8.42 Å². The second-order valence-corrected chi connectivity index (χ2v) is 9.83. The van der Waals surface area contributed by atoms with Crippen LogP contribution in [0, 0.1) is 5.92 Å². The molecular weight excluding hydrogens is 394 g/mol. The molecule has 3 fully saturated rings. The Kier molecular flexibility index (Phi) is 6.38. The Balaban J connectivity index is 1.53. The Hall–Kier alpha value is -1.68. The van der Waals surface area contributed by atoms with E-state index in [4.69, 9.17) is 9.47 Å². The lowest BCUT2D eigenvalue weighted by atomic mass is 10.2. The Labute approximate surface area is 172 Å². The zero-order valence-electron chi connectivity index (χ0n) is 16.6. The lowest BCUT2D eigenvalue weighted by Crippen LogP contribution is -2.40. The number of nitrogens with zero attached hydrogens (tertiary/aromatic N) is 2. The van der Waals surface area contributed by atoms with Crippen molar-refractivity contribution in [2.75, 3.05) is 62.8 Å². The van der Waals surface area contributed by atoms with Gasteiger partial charge in [-0.1, -0.05) is 0 Å². The summed E-state index contributed by atoms with van der Waals surface area (Å²) in [5.41, 5.74) is 1.39. The SMILES string of the molecule is O=C(COCC1CC1)Nc1cc(S(=O)(=O)N2CCOCC2)ccc1N1CCCC1. The summed E-state index contributed by atoms with van der Waals surface area (Å²) in [4.78, 5) is 14.8. The third-order valence-corrected chi connectivity index (χ3v) is 7.47. The van der Waals surface area contributed by atoms with Gasteiger partial charge in [-0.2, -0.15) is 4.31 Å². The molecule has 4 rings (SSSR count). The van der Waals surface area contributed by atoms with Crippen molar-refractivity contribution in [1.82, 2.24) is 4.31 Å². The van der Waals surface area contributed by atoms with Gasteiger partial charge in [0.2, 0.25) is 15.9 Å². The number of morpholine rings is 1. The molecule has 2 aliphatic heterocycles. The molecule has 1 amide bonds. The van der Waals surface area contributed by atoms with Crippen molar-refractivity contribution in [3.05, 3.63) is 18.2 Å². The number of sulfonamides is 1. The van der Waals surface area contributed by atoms with Crippen LogP contribution in [0.3, 0.4) is 0 Å². The van der Waals surface area contributed by atoms with E-state index in [1.54, 1.807) is 18.2 Å². The van der Waals surface area contributed by atoms with Gasteiger partial charge in [0, 0.05) is 26.2 Å². The van der Waals surface area contributed by atoms with Crippen molar-refractivity contribution < 1.29 is 22.7 Å². The molecule has 0 spiro atoms. The van der Waals surface area contributed by atoms with Crippen molar-refractivity contribution in [1.29, 1.82) is 0 Å². The number of hydrogen-bond acceptors (Lipinski definition) is 6. The maximum atomic E-state index is 13.0. The molecule has 2 heterocycles. The molecule has 3 aliphatic rings. The van der Waals surface area contributed by atoms with E-state index in [1.165, 1.54) is 17.1 Å². The fraction of sp³-hybridized carbons (Fsp3) is 0.650. The van der Waals surface area contributed by atoms with Gasteiger partial charge in [0.05, 0.1) is 36.1 Å². The minimum atomic E-state index is -3.63. The molecule has 0 unspecified atom stereocenters. The fourth-order valence-corrected chi connectivity index (χ4v) is 5.17. The van der Waals surface area contributed by atoms with Crippen LogP contribution in [0.25, 0.3) is 0 Å². The first-order valence-corrected chi connectivity index (χ1v) is 11.8. The number of amides is 1. The number of nitrogens with one attached hydrogen (secondary N) is 1. The molecule has 1 aromatic carbocycles. The van der Waals surface area contributed by atoms with E-state index < -0.39 is 10.0 Å². The monoisotopic (exact) mass is 423 g/mol. The van der Waals surface area contributed by atoms with Gasteiger partial charge in [0.1, 0.15) is 6.61 Å². The van der Waals surface area contributed by atoms with Crippen molar-refractivity contribution in [3.8, 4) is 0 Å². The van der Waals surface area contributed by atoms with E-state index in [0.717, 1.165) is 31.6 Å². The third kappa shape index (κ3) is 5.09. The van der Waals surface area contributed by atoms with Gasteiger partial charge in [0.25, 0.3) is 0 Å². The standard InChI is InChI=1S/C20H29N3O5S/c24-20(15-28-14-16-3-4-16)21-18-13-17(5-6-19(18)22-7-1-2-8-22)29(25,26)23-9-11-27-12-10-23/h5-6,13,16H,1-4,7-12,14-15H2,(H,21,24). The van der Waals surface area contributed by atoms with Gasteiger partial charge >= 0.3 is 0 Å². The predicted molar refractivity (Wildman–Crippen MR) is 110 cm³/mol. The van der Waals surface area contributed by atoms with Crippen LogP contribution in [-0.4, -0.2) is 71.2 Å². The van der Waals surface area contributed by atoms with Gasteiger partial charge in [-0.3, -0.25) is 4.79 Å². The number of rotatable bonds is 8. The van der Waals surface area contributed by atoms with Crippen LogP contribution in [0.4, 0.5) is 11.4 Å². The van der Waals surface area contributed by atoms with Crippen molar-refractivity contribution in [2.45, 2.75) is 30.6 Å². The second kappa shape index (κ2) is 8.99. The summed E-state index contributed by atoms with van der Waals surface area (Å²) in [5, 5.41) is 2.88. The number of ether oxygens (including phenoxy) is 2. The normalized spacial score (nSPS) is 20.8. The number of carbonyl (C=O) groups is 1. The molecule has 1 aliphatic carbocycles. The number of carbonyl (C=O) groups excluding carboxylic acids is 1. The number of anilines is 2. The van der Waals surface area contributed by atoms with Crippen LogP contribution < -0.4 is 10.2 Å². The van der Waals surface area contributed by atoms with Crippen LogP contribution in [0.15, 0.2) is 23.1 Å². The highest BCUT2D eigenvalue weighted by molar-refractivity contribution is 7.89. The van der Waals surface area contributed by atoms with Crippen molar-refractivity contribution in [3.63, 3.8) is 0 Å². The molecule has 0 aromatic heterocycles. The minimum Gasteiger partial charge on any atom is -0.379 e. The molecule has 0 bridgehead atoms. The molecule has 9 heteroatoms. The first kappa shape index (κ1) is 20.6. The van der Waals surface area contributed by atoms with Crippen LogP contribution >= 0.6 is 0 Å².